The smallest absolute Gasteiger partial charge is 0.382 e. The average Bonchev–Trinajstić information content (AvgIpc) is 2.56. The Balaban J connectivity index is 1.97. The quantitative estimate of drug-likeness (QED) is 0.819. The van der Waals surface area contributed by atoms with E-state index >= 15 is 0 Å². The zero-order chi connectivity index (χ0) is 18.6. The van der Waals surface area contributed by atoms with Gasteiger partial charge < -0.3 is 10.0 Å². The highest BCUT2D eigenvalue weighted by Crippen LogP contribution is 2.29. The second-order valence-electron chi connectivity index (χ2n) is 6.40. The number of nitrogens with zero attached hydrogens (tertiary/aromatic N) is 2. The molecule has 4 nitrogen and oxygen atoms in total. The maximum atomic E-state index is 12.9. The molecule has 0 saturated carbocycles. The van der Waals surface area contributed by atoms with Gasteiger partial charge in [0.05, 0.1) is 6.54 Å². The number of rotatable bonds is 5. The van der Waals surface area contributed by atoms with Gasteiger partial charge in [-0.15, -0.1) is 0 Å². The molecule has 1 saturated heterocycles. The highest BCUT2D eigenvalue weighted by Gasteiger charge is 2.46. The molecule has 1 aliphatic rings. The summed E-state index contributed by atoms with van der Waals surface area (Å²) in [4.78, 5) is 15.1. The third-order valence-electron chi connectivity index (χ3n) is 4.46. The van der Waals surface area contributed by atoms with Crippen LogP contribution >= 0.6 is 0 Å². The van der Waals surface area contributed by atoms with E-state index in [1.807, 2.05) is 0 Å². The van der Waals surface area contributed by atoms with E-state index in [9.17, 15) is 27.5 Å². The second-order valence-corrected chi connectivity index (χ2v) is 6.40. The number of carbonyl (C=O) groups excluding carboxylic acids is 1. The van der Waals surface area contributed by atoms with Gasteiger partial charge in [-0.25, -0.2) is 4.39 Å². The van der Waals surface area contributed by atoms with Crippen LogP contribution in [0.25, 0.3) is 0 Å². The lowest BCUT2D eigenvalue weighted by Crippen LogP contribution is -2.54. The molecule has 1 heterocycles. The molecule has 1 fully saturated rings. The Morgan fingerprint density at radius 1 is 1.32 bits per heavy atom. The van der Waals surface area contributed by atoms with Crippen molar-refractivity contribution in [1.82, 2.24) is 9.80 Å². The molecule has 0 aliphatic carbocycles. The van der Waals surface area contributed by atoms with Crippen LogP contribution in [0.4, 0.5) is 17.6 Å². The Hall–Kier alpha value is -1.67. The molecule has 1 aliphatic heterocycles. The van der Waals surface area contributed by atoms with Gasteiger partial charge in [-0.2, -0.15) is 13.2 Å². The molecule has 1 aromatic carbocycles. The van der Waals surface area contributed by atoms with E-state index in [2.05, 4.69) is 0 Å². The molecular weight excluding hydrogens is 340 g/mol. The molecule has 0 unspecified atom stereocenters. The SMILES string of the molecule is CN(Cc1ccc(F)cc1)C(=O)CN1CCCC[C@H]1[C@@H](O)C(F)(F)F. The Morgan fingerprint density at radius 2 is 1.96 bits per heavy atom. The van der Waals surface area contributed by atoms with Crippen LogP contribution in [-0.4, -0.2) is 59.3 Å². The van der Waals surface area contributed by atoms with E-state index in [-0.39, 0.29) is 31.2 Å². The van der Waals surface area contributed by atoms with Gasteiger partial charge in [0.1, 0.15) is 5.82 Å². The lowest BCUT2D eigenvalue weighted by molar-refractivity contribution is -0.224. The summed E-state index contributed by atoms with van der Waals surface area (Å²) in [5, 5.41) is 9.57. The largest absolute Gasteiger partial charge is 0.415 e. The minimum Gasteiger partial charge on any atom is -0.382 e. The van der Waals surface area contributed by atoms with Crippen LogP contribution in [0.5, 0.6) is 0 Å². The van der Waals surface area contributed by atoms with Crippen molar-refractivity contribution in [2.24, 2.45) is 0 Å². The normalized spacial score (nSPS) is 20.3. The Bertz CT molecular complexity index is 577. The molecule has 0 aromatic heterocycles. The molecule has 25 heavy (non-hydrogen) atoms. The third-order valence-corrected chi connectivity index (χ3v) is 4.46. The monoisotopic (exact) mass is 362 g/mol. The minimum absolute atomic E-state index is 0.185. The zero-order valence-electron chi connectivity index (χ0n) is 14.0. The van der Waals surface area contributed by atoms with Crippen LogP contribution in [0.2, 0.25) is 0 Å². The second kappa shape index (κ2) is 8.14. The number of piperidine rings is 1. The van der Waals surface area contributed by atoms with Crippen molar-refractivity contribution in [1.29, 1.82) is 0 Å². The molecule has 0 spiro atoms. The van der Waals surface area contributed by atoms with Gasteiger partial charge in [0.25, 0.3) is 0 Å². The summed E-state index contributed by atoms with van der Waals surface area (Å²) < 4.78 is 51.4. The Kier molecular flexibility index (Phi) is 6.40. The number of amides is 1. The fourth-order valence-electron chi connectivity index (χ4n) is 3.04. The highest BCUT2D eigenvalue weighted by atomic mass is 19.4. The van der Waals surface area contributed by atoms with E-state index in [4.69, 9.17) is 0 Å². The van der Waals surface area contributed by atoms with E-state index in [0.29, 0.717) is 19.4 Å². The lowest BCUT2D eigenvalue weighted by Gasteiger charge is -2.39. The van der Waals surface area contributed by atoms with Crippen molar-refractivity contribution >= 4 is 5.91 Å². The van der Waals surface area contributed by atoms with Crippen molar-refractivity contribution in [2.45, 2.75) is 44.1 Å². The molecule has 140 valence electrons. The van der Waals surface area contributed by atoms with Gasteiger partial charge in [-0.05, 0) is 37.1 Å². The van der Waals surface area contributed by atoms with Gasteiger partial charge in [0.15, 0.2) is 6.10 Å². The predicted octanol–water partition coefficient (Wildman–Crippen LogP) is 2.56. The summed E-state index contributed by atoms with van der Waals surface area (Å²) in [5.74, 6) is -0.722. The number of hydrogen-bond donors (Lipinski definition) is 1. The first kappa shape index (κ1) is 19.7. The fourth-order valence-corrected chi connectivity index (χ4v) is 3.04. The molecule has 0 radical (unpaired) electrons. The van der Waals surface area contributed by atoms with Crippen molar-refractivity contribution in [3.63, 3.8) is 0 Å². The highest BCUT2D eigenvalue weighted by molar-refractivity contribution is 5.78. The first-order chi connectivity index (χ1) is 11.7. The van der Waals surface area contributed by atoms with Crippen LogP contribution in [-0.2, 0) is 11.3 Å². The number of hydrogen-bond acceptors (Lipinski definition) is 3. The maximum absolute atomic E-state index is 12.9. The van der Waals surface area contributed by atoms with Gasteiger partial charge in [0.2, 0.25) is 5.91 Å². The average molecular weight is 362 g/mol. The number of likely N-dealkylation sites (tertiary alicyclic amines) is 1. The number of aliphatic hydroxyl groups excluding tert-OH is 1. The summed E-state index contributed by atoms with van der Waals surface area (Å²) in [6, 6.07) is 4.57. The third kappa shape index (κ3) is 5.40. The molecule has 0 bridgehead atoms. The van der Waals surface area contributed by atoms with Crippen LogP contribution in [0, 0.1) is 5.82 Å². The van der Waals surface area contributed by atoms with Gasteiger partial charge in [0, 0.05) is 19.6 Å². The molecule has 1 N–H and O–H groups in total. The van der Waals surface area contributed by atoms with Crippen molar-refractivity contribution in [2.75, 3.05) is 20.1 Å². The van der Waals surface area contributed by atoms with E-state index < -0.39 is 18.3 Å². The summed E-state index contributed by atoms with van der Waals surface area (Å²) in [6.07, 6.45) is -5.67. The topological polar surface area (TPSA) is 43.8 Å². The van der Waals surface area contributed by atoms with Crippen LogP contribution < -0.4 is 0 Å². The van der Waals surface area contributed by atoms with Gasteiger partial charge in [-0.3, -0.25) is 9.69 Å². The number of aliphatic hydroxyl groups is 1. The predicted molar refractivity (Wildman–Crippen MR) is 84.1 cm³/mol. The van der Waals surface area contributed by atoms with Crippen LogP contribution in [0.1, 0.15) is 24.8 Å². The lowest BCUT2D eigenvalue weighted by atomic mass is 9.97. The molecule has 8 heteroatoms. The fraction of sp³-hybridized carbons (Fsp3) is 0.588. The summed E-state index contributed by atoms with van der Waals surface area (Å²) in [7, 11) is 1.55. The Labute approximate surface area is 144 Å². The maximum Gasteiger partial charge on any atom is 0.415 e. The summed E-state index contributed by atoms with van der Waals surface area (Å²) in [6.45, 7) is 0.392. The van der Waals surface area contributed by atoms with Crippen molar-refractivity contribution in [3.8, 4) is 0 Å². The molecular formula is C17H22F4N2O2. The number of alkyl halides is 3. The van der Waals surface area contributed by atoms with E-state index in [0.717, 1.165) is 5.56 Å². The minimum atomic E-state index is -4.71. The van der Waals surface area contributed by atoms with E-state index in [1.165, 1.54) is 21.9 Å². The molecule has 1 amide bonds. The van der Waals surface area contributed by atoms with E-state index in [1.54, 1.807) is 19.2 Å². The molecule has 1 aromatic rings. The van der Waals surface area contributed by atoms with Crippen LogP contribution in [0.3, 0.4) is 0 Å². The van der Waals surface area contributed by atoms with Crippen LogP contribution in [0.15, 0.2) is 24.3 Å². The summed E-state index contributed by atoms with van der Waals surface area (Å²) in [5.41, 5.74) is 0.725. The number of halogens is 4. The summed E-state index contributed by atoms with van der Waals surface area (Å²) >= 11 is 0. The van der Waals surface area contributed by atoms with Crippen molar-refractivity contribution in [3.05, 3.63) is 35.6 Å². The number of likely N-dealkylation sites (N-methyl/N-ethyl adjacent to an activating group) is 1. The zero-order valence-corrected chi connectivity index (χ0v) is 14.0. The first-order valence-corrected chi connectivity index (χ1v) is 8.15. The standard InChI is InChI=1S/C17H22F4N2O2/c1-22(10-12-5-7-13(18)8-6-12)15(24)11-23-9-3-2-4-14(23)16(25)17(19,20)21/h5-8,14,16,25H,2-4,9-11H2,1H3/t14-,16+/m0/s1. The van der Waals surface area contributed by atoms with Gasteiger partial charge >= 0.3 is 6.18 Å². The van der Waals surface area contributed by atoms with Gasteiger partial charge in [-0.1, -0.05) is 18.6 Å². The molecule has 2 rings (SSSR count). The molecule has 2 atom stereocenters. The number of benzene rings is 1. The first-order valence-electron chi connectivity index (χ1n) is 8.15. The van der Waals surface area contributed by atoms with Crippen molar-refractivity contribution < 1.29 is 27.5 Å². The number of carbonyl (C=O) groups is 1. The Morgan fingerprint density at radius 3 is 2.56 bits per heavy atom.